The largest absolute Gasteiger partial charge is 0.454 e. The molecule has 0 fully saturated rings. The summed E-state index contributed by atoms with van der Waals surface area (Å²) in [5, 5.41) is 7.67. The molecule has 30 heavy (non-hydrogen) atoms. The quantitative estimate of drug-likeness (QED) is 0.488. The van der Waals surface area contributed by atoms with E-state index in [4.69, 9.17) is 9.47 Å². The summed E-state index contributed by atoms with van der Waals surface area (Å²) in [5.41, 5.74) is 1.39. The first-order valence-electron chi connectivity index (χ1n) is 8.97. The number of pyridine rings is 1. The van der Waals surface area contributed by atoms with Crippen molar-refractivity contribution in [1.82, 2.24) is 14.6 Å². The van der Waals surface area contributed by atoms with Crippen molar-refractivity contribution in [2.24, 2.45) is 0 Å². The third kappa shape index (κ3) is 3.20. The van der Waals surface area contributed by atoms with Gasteiger partial charge < -0.3 is 9.47 Å². The average Bonchev–Trinajstić information content (AvgIpc) is 3.40. The fourth-order valence-corrected chi connectivity index (χ4v) is 4.69. The summed E-state index contributed by atoms with van der Waals surface area (Å²) in [6.45, 7) is -0.000315. The van der Waals surface area contributed by atoms with Gasteiger partial charge in [-0.3, -0.25) is 8.71 Å². The van der Waals surface area contributed by atoms with Crippen LogP contribution in [0.5, 0.6) is 11.5 Å². The monoisotopic (exact) mass is 426 g/mol. The highest BCUT2D eigenvalue weighted by atomic mass is 32.2. The molecular weight excluding hydrogens is 411 g/mol. The summed E-state index contributed by atoms with van der Waals surface area (Å²) in [4.78, 5) is 0.0452. The van der Waals surface area contributed by atoms with E-state index in [9.17, 15) is 12.8 Å². The summed E-state index contributed by atoms with van der Waals surface area (Å²) < 4.78 is 54.4. The lowest BCUT2D eigenvalue weighted by Gasteiger charge is -2.25. The molecule has 0 bridgehead atoms. The van der Waals surface area contributed by atoms with Gasteiger partial charge in [-0.2, -0.15) is 0 Å². The number of nitrogens with zero attached hydrogens (tertiary/aromatic N) is 4. The maximum Gasteiger partial charge on any atom is 0.266 e. The van der Waals surface area contributed by atoms with Crippen LogP contribution >= 0.6 is 0 Å². The molecule has 5 rings (SSSR count). The van der Waals surface area contributed by atoms with Gasteiger partial charge in [0.05, 0.1) is 12.2 Å². The van der Waals surface area contributed by atoms with Crippen molar-refractivity contribution in [2.75, 3.05) is 11.1 Å². The highest BCUT2D eigenvalue weighted by Gasteiger charge is 2.28. The molecule has 0 aliphatic carbocycles. The Balaban J connectivity index is 1.62. The SMILES string of the molecule is O=S(=O)(c1ccc2nncn2c1)N(Cc1cccc(F)c1)c1ccc2c(c1)OCO2. The fraction of sp³-hybridized carbons (Fsp3) is 0.100. The number of rotatable bonds is 5. The first-order chi connectivity index (χ1) is 14.5. The molecule has 4 aromatic rings. The zero-order valence-electron chi connectivity index (χ0n) is 15.5. The van der Waals surface area contributed by atoms with Crippen LogP contribution in [0.3, 0.4) is 0 Å². The van der Waals surface area contributed by atoms with Crippen LogP contribution in [0.2, 0.25) is 0 Å². The van der Waals surface area contributed by atoms with Crippen molar-refractivity contribution in [3.63, 3.8) is 0 Å². The molecule has 10 heteroatoms. The first kappa shape index (κ1) is 18.4. The molecule has 0 spiro atoms. The number of ether oxygens (including phenoxy) is 2. The maximum atomic E-state index is 13.7. The Hall–Kier alpha value is -3.66. The van der Waals surface area contributed by atoms with Gasteiger partial charge in [0.25, 0.3) is 10.0 Å². The second-order valence-electron chi connectivity index (χ2n) is 6.64. The summed E-state index contributed by atoms with van der Waals surface area (Å²) in [7, 11) is -4.01. The van der Waals surface area contributed by atoms with Crippen molar-refractivity contribution in [3.05, 3.63) is 78.5 Å². The van der Waals surface area contributed by atoms with Gasteiger partial charge in [0.2, 0.25) is 6.79 Å². The van der Waals surface area contributed by atoms with Gasteiger partial charge in [0, 0.05) is 12.3 Å². The zero-order chi connectivity index (χ0) is 20.7. The Morgan fingerprint density at radius 3 is 2.80 bits per heavy atom. The lowest BCUT2D eigenvalue weighted by molar-refractivity contribution is 0.174. The summed E-state index contributed by atoms with van der Waals surface area (Å²) >= 11 is 0. The summed E-state index contributed by atoms with van der Waals surface area (Å²) in [6.07, 6.45) is 2.86. The third-order valence-electron chi connectivity index (χ3n) is 4.71. The molecule has 8 nitrogen and oxygen atoms in total. The van der Waals surface area contributed by atoms with Crippen LogP contribution in [0.1, 0.15) is 5.56 Å². The molecule has 0 unspecified atom stereocenters. The number of halogens is 1. The first-order valence-corrected chi connectivity index (χ1v) is 10.4. The Kier molecular flexibility index (Phi) is 4.28. The Labute approximate surface area is 171 Å². The third-order valence-corrected chi connectivity index (χ3v) is 6.47. The molecule has 0 N–H and O–H groups in total. The highest BCUT2D eigenvalue weighted by Crippen LogP contribution is 2.37. The van der Waals surface area contributed by atoms with Crippen molar-refractivity contribution in [2.45, 2.75) is 11.4 Å². The molecule has 2 aromatic heterocycles. The maximum absolute atomic E-state index is 13.7. The minimum atomic E-state index is -4.01. The predicted molar refractivity (Wildman–Crippen MR) is 105 cm³/mol. The van der Waals surface area contributed by atoms with Gasteiger partial charge in [-0.15, -0.1) is 10.2 Å². The molecule has 0 saturated heterocycles. The number of hydrogen-bond donors (Lipinski definition) is 0. The number of aromatic nitrogens is 3. The minimum Gasteiger partial charge on any atom is -0.454 e. The van der Waals surface area contributed by atoms with Crippen molar-refractivity contribution >= 4 is 21.4 Å². The number of hydrogen-bond acceptors (Lipinski definition) is 6. The number of anilines is 1. The molecule has 2 aromatic carbocycles. The summed E-state index contributed by atoms with van der Waals surface area (Å²) in [6, 6.07) is 13.7. The normalized spacial score (nSPS) is 13.0. The van der Waals surface area contributed by atoms with Crippen molar-refractivity contribution in [1.29, 1.82) is 0 Å². The van der Waals surface area contributed by atoms with Crippen LogP contribution < -0.4 is 13.8 Å². The van der Waals surface area contributed by atoms with Crippen LogP contribution in [-0.4, -0.2) is 29.8 Å². The van der Waals surface area contributed by atoms with E-state index < -0.39 is 15.8 Å². The van der Waals surface area contributed by atoms with Crippen LogP contribution in [-0.2, 0) is 16.6 Å². The molecule has 0 amide bonds. The average molecular weight is 426 g/mol. The van der Waals surface area contributed by atoms with Gasteiger partial charge in [0.15, 0.2) is 17.1 Å². The number of benzene rings is 2. The van der Waals surface area contributed by atoms with E-state index >= 15 is 0 Å². The Morgan fingerprint density at radius 1 is 1.07 bits per heavy atom. The topological polar surface area (TPSA) is 86.0 Å². The smallest absolute Gasteiger partial charge is 0.266 e. The molecule has 0 radical (unpaired) electrons. The van der Waals surface area contributed by atoms with E-state index in [1.54, 1.807) is 36.4 Å². The van der Waals surface area contributed by atoms with Crippen molar-refractivity contribution in [3.8, 4) is 11.5 Å². The van der Waals surface area contributed by atoms with E-state index in [1.165, 1.54) is 39.4 Å². The van der Waals surface area contributed by atoms with E-state index in [1.807, 2.05) is 0 Å². The zero-order valence-corrected chi connectivity index (χ0v) is 16.3. The minimum absolute atomic E-state index is 0.0452. The van der Waals surface area contributed by atoms with Crippen molar-refractivity contribution < 1.29 is 22.3 Å². The van der Waals surface area contributed by atoms with E-state index in [0.29, 0.717) is 28.4 Å². The van der Waals surface area contributed by atoms with E-state index in [2.05, 4.69) is 10.2 Å². The Morgan fingerprint density at radius 2 is 1.93 bits per heavy atom. The standard InChI is InChI=1S/C20H15FN4O4S/c21-15-3-1-2-14(8-15)10-25(16-4-6-18-19(9-16)29-13-28-18)30(26,27)17-5-7-20-23-22-12-24(20)11-17/h1-9,11-12H,10,13H2. The molecular formula is C20H15FN4O4S. The van der Waals surface area contributed by atoms with Gasteiger partial charge in [-0.25, -0.2) is 12.8 Å². The van der Waals surface area contributed by atoms with Crippen LogP contribution in [0, 0.1) is 5.82 Å². The number of sulfonamides is 1. The molecule has 3 heterocycles. The Bertz CT molecular complexity index is 1360. The highest BCUT2D eigenvalue weighted by molar-refractivity contribution is 7.92. The van der Waals surface area contributed by atoms with E-state index in [0.717, 1.165) is 0 Å². The van der Waals surface area contributed by atoms with Crippen LogP contribution in [0.15, 0.2) is 72.0 Å². The van der Waals surface area contributed by atoms with Gasteiger partial charge >= 0.3 is 0 Å². The molecule has 0 atom stereocenters. The lowest BCUT2D eigenvalue weighted by atomic mass is 10.2. The van der Waals surface area contributed by atoms with Crippen LogP contribution in [0.4, 0.5) is 10.1 Å². The van der Waals surface area contributed by atoms with Crippen LogP contribution in [0.25, 0.3) is 5.65 Å². The summed E-state index contributed by atoms with van der Waals surface area (Å²) in [5.74, 6) is 0.537. The molecule has 152 valence electrons. The molecule has 1 aliphatic heterocycles. The van der Waals surface area contributed by atoms with Gasteiger partial charge in [0.1, 0.15) is 17.0 Å². The lowest BCUT2D eigenvalue weighted by Crippen LogP contribution is -2.30. The molecule has 0 saturated carbocycles. The fourth-order valence-electron chi connectivity index (χ4n) is 3.24. The second-order valence-corrected chi connectivity index (χ2v) is 8.50. The number of fused-ring (bicyclic) bond motifs is 2. The van der Waals surface area contributed by atoms with E-state index in [-0.39, 0.29) is 18.2 Å². The van der Waals surface area contributed by atoms with Gasteiger partial charge in [-0.05, 0) is 42.0 Å². The second kappa shape index (κ2) is 6.99. The molecule has 1 aliphatic rings. The predicted octanol–water partition coefficient (Wildman–Crippen LogP) is 2.99. The van der Waals surface area contributed by atoms with Gasteiger partial charge in [-0.1, -0.05) is 12.1 Å².